The Morgan fingerprint density at radius 1 is 1.35 bits per heavy atom. The number of benzene rings is 1. The molecule has 0 spiro atoms. The van der Waals surface area contributed by atoms with Crippen molar-refractivity contribution in [3.8, 4) is 6.07 Å². The second kappa shape index (κ2) is 6.65. The highest BCUT2D eigenvalue weighted by Gasteiger charge is 2.15. The lowest BCUT2D eigenvalue weighted by atomic mass is 10.2. The van der Waals surface area contributed by atoms with E-state index in [9.17, 15) is 4.79 Å². The number of carbonyl (C=O) groups is 1. The molecule has 1 N–H and O–H groups in total. The summed E-state index contributed by atoms with van der Waals surface area (Å²) in [5, 5.41) is 12.5. The van der Waals surface area contributed by atoms with E-state index in [2.05, 4.69) is 5.32 Å². The summed E-state index contributed by atoms with van der Waals surface area (Å²) < 4.78 is 0. The van der Waals surface area contributed by atoms with Crippen molar-refractivity contribution >= 4 is 34.8 Å². The standard InChI is InChI=1S/C14H13Cl2N3O/c15-11-3-4-13(12(16)7-11)18-14(20)10(8-17)9-19-5-1-2-6-19/h3-4,7,9H,1-2,5-6H2,(H,18,20)/b10-9-. The molecule has 1 amide bonds. The molecule has 1 aromatic carbocycles. The number of rotatable bonds is 3. The predicted octanol–water partition coefficient (Wildman–Crippen LogP) is 3.44. The van der Waals surface area contributed by atoms with Gasteiger partial charge in [-0.2, -0.15) is 5.26 Å². The summed E-state index contributed by atoms with van der Waals surface area (Å²) in [5.74, 6) is -0.469. The minimum atomic E-state index is -0.469. The topological polar surface area (TPSA) is 56.1 Å². The molecule has 1 aliphatic heterocycles. The van der Waals surface area contributed by atoms with Crippen LogP contribution in [0, 0.1) is 11.3 Å². The average Bonchev–Trinajstić information content (AvgIpc) is 2.92. The summed E-state index contributed by atoms with van der Waals surface area (Å²) >= 11 is 11.8. The van der Waals surface area contributed by atoms with E-state index < -0.39 is 5.91 Å². The summed E-state index contributed by atoms with van der Waals surface area (Å²) in [6, 6.07) is 6.68. The van der Waals surface area contributed by atoms with Crippen molar-refractivity contribution in [3.63, 3.8) is 0 Å². The molecule has 0 bridgehead atoms. The quantitative estimate of drug-likeness (QED) is 0.687. The first-order valence-electron chi connectivity index (χ1n) is 6.22. The fourth-order valence-electron chi connectivity index (χ4n) is 1.97. The highest BCUT2D eigenvalue weighted by Crippen LogP contribution is 2.25. The first-order valence-corrected chi connectivity index (χ1v) is 6.98. The Balaban J connectivity index is 2.11. The van der Waals surface area contributed by atoms with Crippen LogP contribution in [0.5, 0.6) is 0 Å². The van der Waals surface area contributed by atoms with Crippen LogP contribution >= 0.6 is 23.2 Å². The van der Waals surface area contributed by atoms with Gasteiger partial charge < -0.3 is 10.2 Å². The Kier molecular flexibility index (Phi) is 4.89. The molecule has 0 radical (unpaired) electrons. The van der Waals surface area contributed by atoms with Crippen molar-refractivity contribution in [1.82, 2.24) is 4.90 Å². The molecule has 1 aromatic rings. The minimum absolute atomic E-state index is 0.0675. The summed E-state index contributed by atoms with van der Waals surface area (Å²) in [4.78, 5) is 14.0. The van der Waals surface area contributed by atoms with Crippen LogP contribution in [0.1, 0.15) is 12.8 Å². The molecular weight excluding hydrogens is 297 g/mol. The van der Waals surface area contributed by atoms with E-state index in [0.29, 0.717) is 15.7 Å². The second-order valence-electron chi connectivity index (χ2n) is 4.48. The zero-order chi connectivity index (χ0) is 14.5. The average molecular weight is 310 g/mol. The van der Waals surface area contributed by atoms with Gasteiger partial charge in [-0.25, -0.2) is 0 Å². The maximum atomic E-state index is 12.0. The molecule has 1 fully saturated rings. The van der Waals surface area contributed by atoms with Crippen molar-refractivity contribution < 1.29 is 4.79 Å². The third-order valence-electron chi connectivity index (χ3n) is 3.00. The van der Waals surface area contributed by atoms with E-state index in [4.69, 9.17) is 28.5 Å². The summed E-state index contributed by atoms with van der Waals surface area (Å²) in [5.41, 5.74) is 0.501. The van der Waals surface area contributed by atoms with Crippen LogP contribution in [-0.2, 0) is 4.79 Å². The monoisotopic (exact) mass is 309 g/mol. The number of halogens is 2. The molecule has 0 aromatic heterocycles. The van der Waals surface area contributed by atoms with Crippen LogP contribution in [0.3, 0.4) is 0 Å². The molecule has 0 saturated carbocycles. The van der Waals surface area contributed by atoms with Crippen LogP contribution < -0.4 is 5.32 Å². The SMILES string of the molecule is N#C/C(=C/N1CCCC1)C(=O)Nc1ccc(Cl)cc1Cl. The number of carbonyl (C=O) groups excluding carboxylic acids is 1. The van der Waals surface area contributed by atoms with E-state index in [1.54, 1.807) is 18.3 Å². The predicted molar refractivity (Wildman–Crippen MR) is 79.6 cm³/mol. The van der Waals surface area contributed by atoms with Gasteiger partial charge in [0.15, 0.2) is 0 Å². The van der Waals surface area contributed by atoms with Gasteiger partial charge in [0.05, 0.1) is 10.7 Å². The van der Waals surface area contributed by atoms with Gasteiger partial charge in [0.2, 0.25) is 0 Å². The van der Waals surface area contributed by atoms with Gasteiger partial charge in [-0.1, -0.05) is 23.2 Å². The number of nitrogens with zero attached hydrogens (tertiary/aromatic N) is 2. The fourth-order valence-corrected chi connectivity index (χ4v) is 2.43. The van der Waals surface area contributed by atoms with E-state index >= 15 is 0 Å². The molecule has 1 saturated heterocycles. The largest absolute Gasteiger partial charge is 0.376 e. The zero-order valence-corrected chi connectivity index (χ0v) is 12.2. The highest BCUT2D eigenvalue weighted by atomic mass is 35.5. The third kappa shape index (κ3) is 3.66. The van der Waals surface area contributed by atoms with Gasteiger partial charge in [-0.3, -0.25) is 4.79 Å². The van der Waals surface area contributed by atoms with Crippen molar-refractivity contribution in [2.75, 3.05) is 18.4 Å². The third-order valence-corrected chi connectivity index (χ3v) is 3.54. The van der Waals surface area contributed by atoms with E-state index in [1.807, 2.05) is 11.0 Å². The number of hydrogen-bond acceptors (Lipinski definition) is 3. The van der Waals surface area contributed by atoms with Crippen LogP contribution in [0.25, 0.3) is 0 Å². The lowest BCUT2D eigenvalue weighted by Gasteiger charge is -2.12. The van der Waals surface area contributed by atoms with Crippen molar-refractivity contribution in [2.24, 2.45) is 0 Å². The highest BCUT2D eigenvalue weighted by molar-refractivity contribution is 6.36. The van der Waals surface area contributed by atoms with Gasteiger partial charge in [0.25, 0.3) is 5.91 Å². The van der Waals surface area contributed by atoms with Crippen molar-refractivity contribution in [1.29, 1.82) is 5.26 Å². The molecule has 0 unspecified atom stereocenters. The van der Waals surface area contributed by atoms with Crippen molar-refractivity contribution in [2.45, 2.75) is 12.8 Å². The Bertz CT molecular complexity index is 587. The molecule has 0 aliphatic carbocycles. The first kappa shape index (κ1) is 14.7. The summed E-state index contributed by atoms with van der Waals surface area (Å²) in [6.45, 7) is 1.75. The Morgan fingerprint density at radius 3 is 2.65 bits per heavy atom. The molecule has 104 valence electrons. The molecule has 4 nitrogen and oxygen atoms in total. The normalized spacial score (nSPS) is 15.1. The summed E-state index contributed by atoms with van der Waals surface area (Å²) in [7, 11) is 0. The molecular formula is C14H13Cl2N3O. The minimum Gasteiger partial charge on any atom is -0.376 e. The lowest BCUT2D eigenvalue weighted by Crippen LogP contribution is -2.18. The van der Waals surface area contributed by atoms with Crippen LogP contribution in [0.2, 0.25) is 10.0 Å². The van der Waals surface area contributed by atoms with Gasteiger partial charge in [0, 0.05) is 24.3 Å². The van der Waals surface area contributed by atoms with E-state index in [0.717, 1.165) is 25.9 Å². The number of hydrogen-bond donors (Lipinski definition) is 1. The fraction of sp³-hybridized carbons (Fsp3) is 0.286. The number of likely N-dealkylation sites (tertiary alicyclic amines) is 1. The summed E-state index contributed by atoms with van der Waals surface area (Å²) in [6.07, 6.45) is 3.77. The Morgan fingerprint density at radius 2 is 2.05 bits per heavy atom. The first-order chi connectivity index (χ1) is 9.60. The molecule has 2 rings (SSSR count). The molecule has 1 heterocycles. The van der Waals surface area contributed by atoms with Crippen LogP contribution in [0.4, 0.5) is 5.69 Å². The smallest absolute Gasteiger partial charge is 0.267 e. The second-order valence-corrected chi connectivity index (χ2v) is 5.32. The maximum Gasteiger partial charge on any atom is 0.267 e. The zero-order valence-electron chi connectivity index (χ0n) is 10.7. The Hall–Kier alpha value is -1.70. The number of anilines is 1. The van der Waals surface area contributed by atoms with Gasteiger partial charge in [-0.05, 0) is 31.0 Å². The molecule has 20 heavy (non-hydrogen) atoms. The number of amides is 1. The number of nitrogens with one attached hydrogen (secondary N) is 1. The van der Waals surface area contributed by atoms with Crippen LogP contribution in [-0.4, -0.2) is 23.9 Å². The van der Waals surface area contributed by atoms with E-state index in [1.165, 1.54) is 6.07 Å². The molecule has 6 heteroatoms. The lowest BCUT2D eigenvalue weighted by molar-refractivity contribution is -0.112. The molecule has 1 aliphatic rings. The molecule has 0 atom stereocenters. The van der Waals surface area contributed by atoms with Gasteiger partial charge in [0.1, 0.15) is 11.6 Å². The number of nitriles is 1. The van der Waals surface area contributed by atoms with Gasteiger partial charge in [-0.15, -0.1) is 0 Å². The Labute approximate surface area is 127 Å². The van der Waals surface area contributed by atoms with Crippen LogP contribution in [0.15, 0.2) is 30.0 Å². The van der Waals surface area contributed by atoms with Crippen molar-refractivity contribution in [3.05, 3.63) is 40.0 Å². The maximum absolute atomic E-state index is 12.0. The van der Waals surface area contributed by atoms with E-state index in [-0.39, 0.29) is 5.57 Å². The van der Waals surface area contributed by atoms with Gasteiger partial charge >= 0.3 is 0 Å².